The molecule has 2 rings (SSSR count). The summed E-state index contributed by atoms with van der Waals surface area (Å²) < 4.78 is 0.850. The molecule has 0 spiro atoms. The number of benzene rings is 1. The summed E-state index contributed by atoms with van der Waals surface area (Å²) in [7, 11) is 0. The van der Waals surface area contributed by atoms with Crippen molar-refractivity contribution in [3.63, 3.8) is 0 Å². The SMILES string of the molecule is NC(CCc1ccc(Cl)s1)c1ccccc1. The van der Waals surface area contributed by atoms with Gasteiger partial charge in [0.15, 0.2) is 0 Å². The number of halogens is 1. The molecule has 0 saturated heterocycles. The highest BCUT2D eigenvalue weighted by molar-refractivity contribution is 7.16. The van der Waals surface area contributed by atoms with Crippen LogP contribution in [0.4, 0.5) is 0 Å². The summed E-state index contributed by atoms with van der Waals surface area (Å²) in [5, 5.41) is 0. The molecule has 1 nitrogen and oxygen atoms in total. The molecule has 0 bridgehead atoms. The largest absolute Gasteiger partial charge is 0.324 e. The van der Waals surface area contributed by atoms with Crippen LogP contribution in [0.5, 0.6) is 0 Å². The van der Waals surface area contributed by atoms with Gasteiger partial charge in [-0.25, -0.2) is 0 Å². The van der Waals surface area contributed by atoms with E-state index < -0.39 is 0 Å². The monoisotopic (exact) mass is 251 g/mol. The van der Waals surface area contributed by atoms with Crippen LogP contribution in [0, 0.1) is 0 Å². The Morgan fingerprint density at radius 2 is 1.88 bits per heavy atom. The van der Waals surface area contributed by atoms with Gasteiger partial charge < -0.3 is 5.73 Å². The van der Waals surface area contributed by atoms with Gasteiger partial charge in [0.2, 0.25) is 0 Å². The van der Waals surface area contributed by atoms with E-state index in [2.05, 4.69) is 18.2 Å². The molecule has 0 radical (unpaired) electrons. The second kappa shape index (κ2) is 5.48. The van der Waals surface area contributed by atoms with E-state index in [-0.39, 0.29) is 6.04 Å². The maximum atomic E-state index is 6.12. The number of aryl methyl sites for hydroxylation is 1. The molecule has 0 saturated carbocycles. The number of nitrogens with two attached hydrogens (primary N) is 1. The third-order valence-corrected chi connectivity index (χ3v) is 3.85. The molecule has 1 aromatic heterocycles. The summed E-state index contributed by atoms with van der Waals surface area (Å²) in [5.41, 5.74) is 7.32. The lowest BCUT2D eigenvalue weighted by Crippen LogP contribution is -2.10. The van der Waals surface area contributed by atoms with Crippen LogP contribution in [0.1, 0.15) is 22.9 Å². The van der Waals surface area contributed by atoms with E-state index in [9.17, 15) is 0 Å². The molecule has 0 fully saturated rings. The molecular weight excluding hydrogens is 238 g/mol. The Morgan fingerprint density at radius 3 is 2.50 bits per heavy atom. The first kappa shape index (κ1) is 11.6. The average molecular weight is 252 g/mol. The zero-order chi connectivity index (χ0) is 11.4. The lowest BCUT2D eigenvalue weighted by molar-refractivity contribution is 0.655. The van der Waals surface area contributed by atoms with Crippen LogP contribution < -0.4 is 5.73 Å². The van der Waals surface area contributed by atoms with Crippen molar-refractivity contribution in [1.29, 1.82) is 0 Å². The van der Waals surface area contributed by atoms with Crippen LogP contribution in [0.15, 0.2) is 42.5 Å². The Hall–Kier alpha value is -0.830. The fourth-order valence-electron chi connectivity index (χ4n) is 1.65. The zero-order valence-corrected chi connectivity index (χ0v) is 10.5. The molecule has 2 aromatic rings. The van der Waals surface area contributed by atoms with Gasteiger partial charge >= 0.3 is 0 Å². The summed E-state index contributed by atoms with van der Waals surface area (Å²) in [6.45, 7) is 0. The molecule has 3 heteroatoms. The summed E-state index contributed by atoms with van der Waals surface area (Å²) in [4.78, 5) is 1.30. The minimum atomic E-state index is 0.113. The second-order valence-corrected chi connectivity index (χ2v) is 5.56. The second-order valence-electron chi connectivity index (χ2n) is 3.76. The summed E-state index contributed by atoms with van der Waals surface area (Å²) in [6.07, 6.45) is 1.95. The van der Waals surface area contributed by atoms with Gasteiger partial charge in [0.1, 0.15) is 0 Å². The quantitative estimate of drug-likeness (QED) is 0.872. The molecular formula is C13H14ClNS. The van der Waals surface area contributed by atoms with E-state index in [0.717, 1.165) is 17.2 Å². The van der Waals surface area contributed by atoms with E-state index in [4.69, 9.17) is 17.3 Å². The molecule has 84 valence electrons. The van der Waals surface area contributed by atoms with Crippen molar-refractivity contribution in [2.75, 3.05) is 0 Å². The number of thiophene rings is 1. The molecule has 1 unspecified atom stereocenters. The first-order valence-corrected chi connectivity index (χ1v) is 6.50. The highest BCUT2D eigenvalue weighted by Gasteiger charge is 2.06. The lowest BCUT2D eigenvalue weighted by atomic mass is 10.0. The van der Waals surface area contributed by atoms with E-state index in [1.807, 2.05) is 24.3 Å². The fourth-order valence-corrected chi connectivity index (χ4v) is 2.75. The zero-order valence-electron chi connectivity index (χ0n) is 8.90. The highest BCUT2D eigenvalue weighted by Crippen LogP contribution is 2.24. The van der Waals surface area contributed by atoms with Gasteiger partial charge in [-0.15, -0.1) is 11.3 Å². The van der Waals surface area contributed by atoms with Crippen molar-refractivity contribution >= 4 is 22.9 Å². The molecule has 1 heterocycles. The maximum absolute atomic E-state index is 6.12. The molecule has 0 aliphatic heterocycles. The maximum Gasteiger partial charge on any atom is 0.0931 e. The Balaban J connectivity index is 1.91. The fraction of sp³-hybridized carbons (Fsp3) is 0.231. The van der Waals surface area contributed by atoms with Gasteiger partial charge in [0.25, 0.3) is 0 Å². The number of hydrogen-bond acceptors (Lipinski definition) is 2. The average Bonchev–Trinajstić information content (AvgIpc) is 2.73. The van der Waals surface area contributed by atoms with Crippen LogP contribution >= 0.6 is 22.9 Å². The van der Waals surface area contributed by atoms with Crippen LogP contribution in [-0.4, -0.2) is 0 Å². The van der Waals surface area contributed by atoms with Gasteiger partial charge in [-0.2, -0.15) is 0 Å². The lowest BCUT2D eigenvalue weighted by Gasteiger charge is -2.10. The van der Waals surface area contributed by atoms with Gasteiger partial charge in [0.05, 0.1) is 4.34 Å². The Bertz CT molecular complexity index is 438. The van der Waals surface area contributed by atoms with Crippen molar-refractivity contribution in [2.24, 2.45) is 5.73 Å². The van der Waals surface area contributed by atoms with Crippen LogP contribution in [0.3, 0.4) is 0 Å². The van der Waals surface area contributed by atoms with E-state index in [0.29, 0.717) is 0 Å². The topological polar surface area (TPSA) is 26.0 Å². The third kappa shape index (κ3) is 3.08. The van der Waals surface area contributed by atoms with Crippen LogP contribution in [-0.2, 0) is 6.42 Å². The molecule has 1 atom stereocenters. The van der Waals surface area contributed by atoms with Crippen LogP contribution in [0.25, 0.3) is 0 Å². The van der Waals surface area contributed by atoms with Gasteiger partial charge in [0, 0.05) is 10.9 Å². The molecule has 1 aromatic carbocycles. The molecule has 16 heavy (non-hydrogen) atoms. The first-order chi connectivity index (χ1) is 7.75. The smallest absolute Gasteiger partial charge is 0.0931 e. The van der Waals surface area contributed by atoms with Gasteiger partial charge in [-0.3, -0.25) is 0 Å². The van der Waals surface area contributed by atoms with Crippen LogP contribution in [0.2, 0.25) is 4.34 Å². The van der Waals surface area contributed by atoms with E-state index >= 15 is 0 Å². The van der Waals surface area contributed by atoms with Gasteiger partial charge in [-0.05, 0) is 30.5 Å². The third-order valence-electron chi connectivity index (χ3n) is 2.56. The molecule has 2 N–H and O–H groups in total. The Labute approximate surface area is 105 Å². The predicted octanol–water partition coefficient (Wildman–Crippen LogP) is 4.03. The molecule has 0 aliphatic carbocycles. The minimum absolute atomic E-state index is 0.113. The predicted molar refractivity (Wildman–Crippen MR) is 71.0 cm³/mol. The van der Waals surface area contributed by atoms with Crippen molar-refractivity contribution in [1.82, 2.24) is 0 Å². The van der Waals surface area contributed by atoms with Crippen molar-refractivity contribution < 1.29 is 0 Å². The van der Waals surface area contributed by atoms with Gasteiger partial charge in [-0.1, -0.05) is 41.9 Å². The standard InChI is InChI=1S/C13H14ClNS/c14-13-9-7-11(16-13)6-8-12(15)10-4-2-1-3-5-10/h1-5,7,9,12H,6,8,15H2. The summed E-state index contributed by atoms with van der Waals surface area (Å²) in [5.74, 6) is 0. The highest BCUT2D eigenvalue weighted by atomic mass is 35.5. The molecule has 0 aliphatic rings. The van der Waals surface area contributed by atoms with Crippen molar-refractivity contribution in [3.8, 4) is 0 Å². The Kier molecular flexibility index (Phi) is 3.99. The van der Waals surface area contributed by atoms with Crippen molar-refractivity contribution in [3.05, 3.63) is 57.2 Å². The normalized spacial score (nSPS) is 12.6. The number of rotatable bonds is 4. The first-order valence-electron chi connectivity index (χ1n) is 5.30. The van der Waals surface area contributed by atoms with E-state index in [1.54, 1.807) is 11.3 Å². The Morgan fingerprint density at radius 1 is 1.12 bits per heavy atom. The summed E-state index contributed by atoms with van der Waals surface area (Å²) in [6, 6.07) is 14.3. The number of hydrogen-bond donors (Lipinski definition) is 1. The molecule has 0 amide bonds. The van der Waals surface area contributed by atoms with Crippen molar-refractivity contribution in [2.45, 2.75) is 18.9 Å². The minimum Gasteiger partial charge on any atom is -0.324 e. The summed E-state index contributed by atoms with van der Waals surface area (Å²) >= 11 is 7.51. The van der Waals surface area contributed by atoms with E-state index in [1.165, 1.54) is 10.4 Å².